The minimum Gasteiger partial charge on any atom is -0.391 e. The molecule has 0 aromatic carbocycles. The molecule has 0 saturated carbocycles. The van der Waals surface area contributed by atoms with Gasteiger partial charge in [-0.2, -0.15) is 0 Å². The van der Waals surface area contributed by atoms with Gasteiger partial charge in [-0.1, -0.05) is 0 Å². The molecule has 0 aromatic rings. The molecule has 1 aliphatic heterocycles. The van der Waals surface area contributed by atoms with E-state index in [9.17, 15) is 9.90 Å². The highest BCUT2D eigenvalue weighted by atomic mass is 16.5. The molecule has 1 heterocycles. The maximum atomic E-state index is 11.7. The third-order valence-corrected chi connectivity index (χ3v) is 2.59. The lowest BCUT2D eigenvalue weighted by molar-refractivity contribution is -0.127. The Bertz CT molecular complexity index is 212. The fourth-order valence-corrected chi connectivity index (χ4v) is 1.23. The molecule has 1 fully saturated rings. The van der Waals surface area contributed by atoms with Gasteiger partial charge in [-0.25, -0.2) is 0 Å². The van der Waals surface area contributed by atoms with Crippen LogP contribution in [-0.4, -0.2) is 41.9 Å². The molecule has 14 heavy (non-hydrogen) atoms. The monoisotopic (exact) mass is 202 g/mol. The standard InChI is InChI=1S/C9H18N2O3/c1-6(7(2)12)11-8(13)9(10)3-4-14-5-9/h6-7,12H,3-5,10H2,1-2H3,(H,11,13). The van der Waals surface area contributed by atoms with Crippen LogP contribution in [0.25, 0.3) is 0 Å². The van der Waals surface area contributed by atoms with E-state index in [-0.39, 0.29) is 18.6 Å². The zero-order valence-electron chi connectivity index (χ0n) is 8.62. The number of hydrogen-bond donors (Lipinski definition) is 3. The average molecular weight is 202 g/mol. The number of carbonyl (C=O) groups is 1. The first-order chi connectivity index (χ1) is 6.46. The van der Waals surface area contributed by atoms with Crippen molar-refractivity contribution < 1.29 is 14.6 Å². The van der Waals surface area contributed by atoms with E-state index >= 15 is 0 Å². The molecule has 1 aliphatic rings. The lowest BCUT2D eigenvalue weighted by Gasteiger charge is -2.24. The van der Waals surface area contributed by atoms with Gasteiger partial charge < -0.3 is 20.9 Å². The molecular formula is C9H18N2O3. The van der Waals surface area contributed by atoms with Gasteiger partial charge in [0.15, 0.2) is 0 Å². The van der Waals surface area contributed by atoms with Crippen molar-refractivity contribution in [2.75, 3.05) is 13.2 Å². The van der Waals surface area contributed by atoms with Crippen molar-refractivity contribution in [1.82, 2.24) is 5.32 Å². The Morgan fingerprint density at radius 2 is 2.29 bits per heavy atom. The summed E-state index contributed by atoms with van der Waals surface area (Å²) in [5, 5.41) is 11.9. The van der Waals surface area contributed by atoms with Crippen LogP contribution >= 0.6 is 0 Å². The summed E-state index contributed by atoms with van der Waals surface area (Å²) in [6.45, 7) is 4.14. The molecule has 1 amide bonds. The second kappa shape index (κ2) is 4.25. The SMILES string of the molecule is CC(O)C(C)NC(=O)C1(N)CCOC1. The van der Waals surface area contributed by atoms with Crippen molar-refractivity contribution in [2.45, 2.75) is 38.0 Å². The molecule has 0 radical (unpaired) electrons. The summed E-state index contributed by atoms with van der Waals surface area (Å²) < 4.78 is 5.07. The number of amides is 1. The predicted octanol–water partition coefficient (Wildman–Crippen LogP) is -1.01. The van der Waals surface area contributed by atoms with Gasteiger partial charge in [-0.3, -0.25) is 4.79 Å². The van der Waals surface area contributed by atoms with Crippen LogP contribution in [0.15, 0.2) is 0 Å². The quantitative estimate of drug-likeness (QED) is 0.547. The molecule has 1 rings (SSSR count). The maximum Gasteiger partial charge on any atom is 0.242 e. The van der Waals surface area contributed by atoms with Gasteiger partial charge in [0.1, 0.15) is 5.54 Å². The number of aliphatic hydroxyl groups excluding tert-OH is 1. The molecular weight excluding hydrogens is 184 g/mol. The Kier molecular flexibility index (Phi) is 3.47. The van der Waals surface area contributed by atoms with Gasteiger partial charge in [0.2, 0.25) is 5.91 Å². The largest absolute Gasteiger partial charge is 0.391 e. The summed E-state index contributed by atoms with van der Waals surface area (Å²) in [7, 11) is 0. The van der Waals surface area contributed by atoms with Gasteiger partial charge in [-0.15, -0.1) is 0 Å². The molecule has 0 aliphatic carbocycles. The van der Waals surface area contributed by atoms with Crippen LogP contribution in [0.1, 0.15) is 20.3 Å². The fraction of sp³-hybridized carbons (Fsp3) is 0.889. The van der Waals surface area contributed by atoms with Crippen LogP contribution in [0, 0.1) is 0 Å². The molecule has 3 atom stereocenters. The summed E-state index contributed by atoms with van der Waals surface area (Å²) in [5.74, 6) is -0.247. The first-order valence-corrected chi connectivity index (χ1v) is 4.81. The number of nitrogens with two attached hydrogens (primary N) is 1. The molecule has 5 nitrogen and oxygen atoms in total. The lowest BCUT2D eigenvalue weighted by Crippen LogP contribution is -2.57. The summed E-state index contributed by atoms with van der Waals surface area (Å²) in [4.78, 5) is 11.7. The highest BCUT2D eigenvalue weighted by molar-refractivity contribution is 5.86. The van der Waals surface area contributed by atoms with Crippen LogP contribution in [-0.2, 0) is 9.53 Å². The van der Waals surface area contributed by atoms with Crippen LogP contribution < -0.4 is 11.1 Å². The van der Waals surface area contributed by atoms with E-state index in [4.69, 9.17) is 10.5 Å². The normalized spacial score (nSPS) is 31.1. The van der Waals surface area contributed by atoms with Gasteiger partial charge >= 0.3 is 0 Å². The van der Waals surface area contributed by atoms with E-state index in [1.807, 2.05) is 0 Å². The number of aliphatic hydroxyl groups is 1. The van der Waals surface area contributed by atoms with Crippen LogP contribution in [0.2, 0.25) is 0 Å². The number of ether oxygens (including phenoxy) is 1. The van der Waals surface area contributed by atoms with Gasteiger partial charge in [0, 0.05) is 6.61 Å². The Labute approximate surface area is 83.6 Å². The van der Waals surface area contributed by atoms with Crippen molar-refractivity contribution in [2.24, 2.45) is 5.73 Å². The smallest absolute Gasteiger partial charge is 0.242 e. The van der Waals surface area contributed by atoms with Gasteiger partial charge in [0.25, 0.3) is 0 Å². The van der Waals surface area contributed by atoms with Crippen LogP contribution in [0.3, 0.4) is 0 Å². The molecule has 3 unspecified atom stereocenters. The summed E-state index contributed by atoms with van der Waals surface area (Å²) in [6, 6.07) is -0.288. The first-order valence-electron chi connectivity index (χ1n) is 4.81. The van der Waals surface area contributed by atoms with Crippen molar-refractivity contribution >= 4 is 5.91 Å². The topological polar surface area (TPSA) is 84.6 Å². The number of hydrogen-bond acceptors (Lipinski definition) is 4. The van der Waals surface area contributed by atoms with E-state index in [0.717, 1.165) is 0 Å². The minimum atomic E-state index is -0.914. The molecule has 1 saturated heterocycles. The van der Waals surface area contributed by atoms with Crippen molar-refractivity contribution in [1.29, 1.82) is 0 Å². The Morgan fingerprint density at radius 1 is 1.64 bits per heavy atom. The molecule has 0 aromatic heterocycles. The Hall–Kier alpha value is -0.650. The molecule has 0 spiro atoms. The molecule has 4 N–H and O–H groups in total. The average Bonchev–Trinajstić information content (AvgIpc) is 2.53. The van der Waals surface area contributed by atoms with Crippen molar-refractivity contribution in [3.63, 3.8) is 0 Å². The zero-order valence-corrected chi connectivity index (χ0v) is 8.62. The molecule has 0 bridgehead atoms. The minimum absolute atomic E-state index is 0.247. The highest BCUT2D eigenvalue weighted by Gasteiger charge is 2.38. The first kappa shape index (κ1) is 11.4. The predicted molar refractivity (Wildman–Crippen MR) is 51.6 cm³/mol. The maximum absolute atomic E-state index is 11.7. The Balaban J connectivity index is 2.49. The number of carbonyl (C=O) groups excluding carboxylic acids is 1. The second-order valence-corrected chi connectivity index (χ2v) is 3.96. The van der Waals surface area contributed by atoms with E-state index in [0.29, 0.717) is 13.0 Å². The van der Waals surface area contributed by atoms with E-state index < -0.39 is 11.6 Å². The zero-order chi connectivity index (χ0) is 10.8. The van der Waals surface area contributed by atoms with E-state index in [1.54, 1.807) is 13.8 Å². The van der Waals surface area contributed by atoms with E-state index in [2.05, 4.69) is 5.32 Å². The van der Waals surface area contributed by atoms with Crippen molar-refractivity contribution in [3.8, 4) is 0 Å². The van der Waals surface area contributed by atoms with Gasteiger partial charge in [0.05, 0.1) is 18.8 Å². The lowest BCUT2D eigenvalue weighted by atomic mass is 9.98. The van der Waals surface area contributed by atoms with Crippen molar-refractivity contribution in [3.05, 3.63) is 0 Å². The number of rotatable bonds is 3. The highest BCUT2D eigenvalue weighted by Crippen LogP contribution is 2.15. The third kappa shape index (κ3) is 2.43. The van der Waals surface area contributed by atoms with Crippen LogP contribution in [0.4, 0.5) is 0 Å². The molecule has 82 valence electrons. The Morgan fingerprint density at radius 3 is 2.71 bits per heavy atom. The third-order valence-electron chi connectivity index (χ3n) is 2.59. The number of nitrogens with one attached hydrogen (secondary N) is 1. The van der Waals surface area contributed by atoms with Crippen LogP contribution in [0.5, 0.6) is 0 Å². The molecule has 5 heteroatoms. The summed E-state index contributed by atoms with van der Waals surface area (Å²) >= 11 is 0. The summed E-state index contributed by atoms with van der Waals surface area (Å²) in [5.41, 5.74) is 4.92. The summed E-state index contributed by atoms with van der Waals surface area (Å²) in [6.07, 6.45) is -0.0457. The fourth-order valence-electron chi connectivity index (χ4n) is 1.23. The van der Waals surface area contributed by atoms with Gasteiger partial charge in [-0.05, 0) is 20.3 Å². The second-order valence-electron chi connectivity index (χ2n) is 3.96. The van der Waals surface area contributed by atoms with E-state index in [1.165, 1.54) is 0 Å².